The molecule has 1 saturated heterocycles. The maximum Gasteiger partial charge on any atom is 0.257 e. The van der Waals surface area contributed by atoms with Gasteiger partial charge in [0.05, 0.1) is 12.7 Å². The number of aromatic hydroxyl groups is 1. The van der Waals surface area contributed by atoms with E-state index in [1.807, 2.05) is 18.2 Å². The predicted octanol–water partition coefficient (Wildman–Crippen LogP) is 2.36. The molecule has 0 radical (unpaired) electrons. The molecule has 0 atom stereocenters. The molecule has 1 aliphatic heterocycles. The number of phenolic OH excluding ortho intramolecular Hbond substituents is 1. The fraction of sp³-hybridized carbons (Fsp3) is 0.278. The van der Waals surface area contributed by atoms with E-state index in [9.17, 15) is 9.90 Å². The molecule has 0 spiro atoms. The monoisotopic (exact) mass is 312 g/mol. The molecule has 23 heavy (non-hydrogen) atoms. The van der Waals surface area contributed by atoms with E-state index in [0.717, 1.165) is 13.1 Å². The summed E-state index contributed by atoms with van der Waals surface area (Å²) >= 11 is 0. The van der Waals surface area contributed by atoms with Crippen LogP contribution < -0.4 is 9.64 Å². The first kappa shape index (κ1) is 15.2. The van der Waals surface area contributed by atoms with Gasteiger partial charge in [-0.05, 0) is 30.3 Å². The van der Waals surface area contributed by atoms with Gasteiger partial charge in [0.15, 0.2) is 0 Å². The smallest absolute Gasteiger partial charge is 0.257 e. The lowest BCUT2D eigenvalue weighted by Gasteiger charge is -2.36. The van der Waals surface area contributed by atoms with Crippen molar-refractivity contribution in [2.24, 2.45) is 0 Å². The number of rotatable bonds is 3. The summed E-state index contributed by atoms with van der Waals surface area (Å²) < 4.78 is 5.13. The summed E-state index contributed by atoms with van der Waals surface area (Å²) in [6, 6.07) is 14.9. The normalized spacial score (nSPS) is 14.7. The number of nitrogens with zero attached hydrogens (tertiary/aromatic N) is 2. The number of ether oxygens (including phenoxy) is 1. The number of benzene rings is 2. The van der Waals surface area contributed by atoms with Gasteiger partial charge in [0.1, 0.15) is 11.5 Å². The number of carbonyl (C=O) groups is 1. The van der Waals surface area contributed by atoms with Crippen LogP contribution in [0.1, 0.15) is 10.4 Å². The van der Waals surface area contributed by atoms with E-state index >= 15 is 0 Å². The minimum absolute atomic E-state index is 0.0127. The first-order valence-corrected chi connectivity index (χ1v) is 7.65. The molecule has 0 unspecified atom stereocenters. The van der Waals surface area contributed by atoms with Gasteiger partial charge >= 0.3 is 0 Å². The van der Waals surface area contributed by atoms with Crippen molar-refractivity contribution >= 4 is 11.6 Å². The summed E-state index contributed by atoms with van der Waals surface area (Å²) in [6.45, 7) is 2.82. The molecule has 1 heterocycles. The van der Waals surface area contributed by atoms with Gasteiger partial charge in [-0.25, -0.2) is 0 Å². The number of hydrogen-bond acceptors (Lipinski definition) is 4. The molecule has 2 aromatic rings. The van der Waals surface area contributed by atoms with Crippen LogP contribution in [0.4, 0.5) is 5.69 Å². The highest BCUT2D eigenvalue weighted by Crippen LogP contribution is 2.25. The maximum absolute atomic E-state index is 12.6. The van der Waals surface area contributed by atoms with Crippen molar-refractivity contribution in [3.63, 3.8) is 0 Å². The number of amides is 1. The summed E-state index contributed by atoms with van der Waals surface area (Å²) in [7, 11) is 1.54. The van der Waals surface area contributed by atoms with Crippen molar-refractivity contribution in [1.82, 2.24) is 4.90 Å². The third kappa shape index (κ3) is 3.23. The molecule has 3 rings (SSSR count). The lowest BCUT2D eigenvalue weighted by atomic mass is 10.1. The van der Waals surface area contributed by atoms with E-state index in [-0.39, 0.29) is 17.2 Å². The third-order valence-corrected chi connectivity index (χ3v) is 4.12. The second-order valence-electron chi connectivity index (χ2n) is 5.50. The van der Waals surface area contributed by atoms with Crippen LogP contribution in [0.25, 0.3) is 0 Å². The Morgan fingerprint density at radius 1 is 1.04 bits per heavy atom. The van der Waals surface area contributed by atoms with Crippen LogP contribution in [0.2, 0.25) is 0 Å². The average molecular weight is 312 g/mol. The average Bonchev–Trinajstić information content (AvgIpc) is 2.62. The number of piperazine rings is 1. The Labute approximate surface area is 135 Å². The van der Waals surface area contributed by atoms with Gasteiger partial charge in [-0.3, -0.25) is 4.79 Å². The zero-order valence-corrected chi connectivity index (χ0v) is 13.1. The summed E-state index contributed by atoms with van der Waals surface area (Å²) in [4.78, 5) is 16.7. The number of carbonyl (C=O) groups excluding carboxylic acids is 1. The van der Waals surface area contributed by atoms with Crippen LogP contribution in [0.3, 0.4) is 0 Å². The number of phenols is 1. The number of methoxy groups -OCH3 is 1. The first-order chi connectivity index (χ1) is 11.2. The Kier molecular flexibility index (Phi) is 4.37. The third-order valence-electron chi connectivity index (χ3n) is 4.12. The molecule has 1 amide bonds. The zero-order chi connectivity index (χ0) is 16.2. The van der Waals surface area contributed by atoms with Crippen molar-refractivity contribution in [3.05, 3.63) is 54.1 Å². The van der Waals surface area contributed by atoms with E-state index in [2.05, 4.69) is 17.0 Å². The highest BCUT2D eigenvalue weighted by Gasteiger charge is 2.24. The molecule has 0 aliphatic carbocycles. The Morgan fingerprint density at radius 2 is 1.74 bits per heavy atom. The first-order valence-electron chi connectivity index (χ1n) is 7.65. The van der Waals surface area contributed by atoms with Gasteiger partial charge in [0.25, 0.3) is 5.91 Å². The molecule has 0 saturated carbocycles. The summed E-state index contributed by atoms with van der Waals surface area (Å²) in [5.74, 6) is 0.393. The topological polar surface area (TPSA) is 53.0 Å². The lowest BCUT2D eigenvalue weighted by Crippen LogP contribution is -2.48. The molecule has 1 aliphatic rings. The van der Waals surface area contributed by atoms with E-state index in [0.29, 0.717) is 18.8 Å². The Morgan fingerprint density at radius 3 is 2.39 bits per heavy atom. The Balaban J connectivity index is 1.69. The van der Waals surface area contributed by atoms with Crippen LogP contribution in [0, 0.1) is 0 Å². The van der Waals surface area contributed by atoms with Crippen LogP contribution in [-0.2, 0) is 0 Å². The molecular formula is C18H20N2O3. The highest BCUT2D eigenvalue weighted by atomic mass is 16.5. The number of anilines is 1. The highest BCUT2D eigenvalue weighted by molar-refractivity contribution is 5.97. The lowest BCUT2D eigenvalue weighted by molar-refractivity contribution is 0.0743. The molecule has 5 nitrogen and oxygen atoms in total. The summed E-state index contributed by atoms with van der Waals surface area (Å²) in [5.41, 5.74) is 1.46. The molecular weight excluding hydrogens is 292 g/mol. The van der Waals surface area contributed by atoms with Gasteiger partial charge in [-0.2, -0.15) is 0 Å². The number of hydrogen-bond donors (Lipinski definition) is 1. The van der Waals surface area contributed by atoms with Crippen molar-refractivity contribution in [3.8, 4) is 11.5 Å². The van der Waals surface area contributed by atoms with Gasteiger partial charge in [-0.1, -0.05) is 18.2 Å². The molecule has 120 valence electrons. The zero-order valence-electron chi connectivity index (χ0n) is 13.1. The van der Waals surface area contributed by atoms with E-state index in [1.54, 1.807) is 24.1 Å². The number of para-hydroxylation sites is 1. The van der Waals surface area contributed by atoms with Gasteiger partial charge in [0.2, 0.25) is 0 Å². The molecule has 0 aromatic heterocycles. The minimum Gasteiger partial charge on any atom is -0.507 e. The van der Waals surface area contributed by atoms with Crippen molar-refractivity contribution < 1.29 is 14.6 Å². The van der Waals surface area contributed by atoms with Gasteiger partial charge in [-0.15, -0.1) is 0 Å². The Bertz CT molecular complexity index is 680. The van der Waals surface area contributed by atoms with Gasteiger partial charge in [0, 0.05) is 31.9 Å². The summed E-state index contributed by atoms with van der Waals surface area (Å²) in [6.07, 6.45) is 0. The largest absolute Gasteiger partial charge is 0.507 e. The molecule has 1 N–H and O–H groups in total. The van der Waals surface area contributed by atoms with Crippen LogP contribution in [-0.4, -0.2) is 49.2 Å². The van der Waals surface area contributed by atoms with Gasteiger partial charge < -0.3 is 19.6 Å². The predicted molar refractivity (Wildman–Crippen MR) is 89.2 cm³/mol. The van der Waals surface area contributed by atoms with Crippen molar-refractivity contribution in [2.45, 2.75) is 0 Å². The standard InChI is InChI=1S/C18H20N2O3/c1-23-15-7-8-17(21)16(13-15)18(22)20-11-9-19(10-12-20)14-5-3-2-4-6-14/h2-8,13,21H,9-12H2,1H3. The van der Waals surface area contributed by atoms with Crippen LogP contribution >= 0.6 is 0 Å². The van der Waals surface area contributed by atoms with Crippen LogP contribution in [0.15, 0.2) is 48.5 Å². The summed E-state index contributed by atoms with van der Waals surface area (Å²) in [5, 5.41) is 9.95. The van der Waals surface area contributed by atoms with Crippen molar-refractivity contribution in [1.29, 1.82) is 0 Å². The SMILES string of the molecule is COc1ccc(O)c(C(=O)N2CCN(c3ccccc3)CC2)c1. The molecule has 1 fully saturated rings. The van der Waals surface area contributed by atoms with Crippen molar-refractivity contribution in [2.75, 3.05) is 38.2 Å². The minimum atomic E-state index is -0.158. The Hall–Kier alpha value is -2.69. The van der Waals surface area contributed by atoms with E-state index in [1.165, 1.54) is 11.8 Å². The second kappa shape index (κ2) is 6.60. The van der Waals surface area contributed by atoms with E-state index in [4.69, 9.17) is 4.74 Å². The fourth-order valence-electron chi connectivity index (χ4n) is 2.79. The van der Waals surface area contributed by atoms with E-state index < -0.39 is 0 Å². The molecule has 0 bridgehead atoms. The second-order valence-corrected chi connectivity index (χ2v) is 5.50. The molecule has 5 heteroatoms. The fourth-order valence-corrected chi connectivity index (χ4v) is 2.79. The quantitative estimate of drug-likeness (QED) is 0.945. The van der Waals surface area contributed by atoms with Crippen LogP contribution in [0.5, 0.6) is 11.5 Å². The maximum atomic E-state index is 12.6. The molecule has 2 aromatic carbocycles.